The zero-order valence-electron chi connectivity index (χ0n) is 20.4. The number of unbranched alkanes of at least 4 members (excludes halogenated alkanes) is 1. The second-order valence-corrected chi connectivity index (χ2v) is 9.30. The molecule has 1 fully saturated rings. The first kappa shape index (κ1) is 26.6. The zero-order chi connectivity index (χ0) is 22.0. The lowest BCUT2D eigenvalue weighted by molar-refractivity contribution is -0.162. The van der Waals surface area contributed by atoms with Crippen molar-refractivity contribution in [2.24, 2.45) is 17.8 Å². The van der Waals surface area contributed by atoms with Gasteiger partial charge in [0.25, 0.3) is 0 Å². The number of rotatable bonds is 14. The molecule has 1 aliphatic rings. The van der Waals surface area contributed by atoms with E-state index >= 15 is 0 Å². The Labute approximate surface area is 180 Å². The molecule has 0 radical (unpaired) electrons. The third-order valence-corrected chi connectivity index (χ3v) is 6.79. The topological polar surface area (TPSA) is 47.9 Å². The number of hydrogen-bond acceptors (Lipinski definition) is 4. The van der Waals surface area contributed by atoms with Crippen LogP contribution in [-0.4, -0.2) is 42.9 Å². The molecule has 0 bridgehead atoms. The molecule has 1 heterocycles. The molecular formula is C25H48O4. The van der Waals surface area contributed by atoms with Crippen LogP contribution in [0.1, 0.15) is 93.4 Å². The van der Waals surface area contributed by atoms with Gasteiger partial charge < -0.3 is 19.3 Å². The van der Waals surface area contributed by atoms with Gasteiger partial charge in [-0.05, 0) is 57.3 Å². The van der Waals surface area contributed by atoms with Crippen LogP contribution in [0.25, 0.3) is 0 Å². The van der Waals surface area contributed by atoms with E-state index in [0.717, 1.165) is 38.5 Å². The first-order valence-electron chi connectivity index (χ1n) is 11.9. The van der Waals surface area contributed by atoms with Crippen molar-refractivity contribution >= 4 is 0 Å². The number of allylic oxidation sites excluding steroid dienone is 2. The standard InChI is InChI=1S/C25H48O4/c1-9-13-14-20(10-2)15-18(5)24(26)25(7)16-19(6)23(29-25)21(11-3)22(12-4)28-17-27-8/h14,18-19,21-24,26H,9-13,15-17H2,1-8H3/b20-14+/t18-,19+,21+,22-,23+,24-,25+/m1/s1. The van der Waals surface area contributed by atoms with Crippen LogP contribution in [-0.2, 0) is 14.2 Å². The Kier molecular flexibility index (Phi) is 12.0. The molecule has 0 aliphatic carbocycles. The van der Waals surface area contributed by atoms with Crippen LogP contribution in [0.2, 0.25) is 0 Å². The van der Waals surface area contributed by atoms with Crippen molar-refractivity contribution < 1.29 is 19.3 Å². The highest BCUT2D eigenvalue weighted by Gasteiger charge is 2.50. The van der Waals surface area contributed by atoms with Crippen LogP contribution in [0.3, 0.4) is 0 Å². The minimum absolute atomic E-state index is 0.106. The summed E-state index contributed by atoms with van der Waals surface area (Å²) in [5.41, 5.74) is 0.954. The summed E-state index contributed by atoms with van der Waals surface area (Å²) in [5, 5.41) is 11.3. The summed E-state index contributed by atoms with van der Waals surface area (Å²) >= 11 is 0. The SMILES string of the molecule is CCC/C=C(\CC)C[C@@H](C)[C@@H](O)[C@]1(C)C[C@H](C)[C@@H]([C@@H](CC)[C@@H](CC)OCOC)O1. The third kappa shape index (κ3) is 7.34. The van der Waals surface area contributed by atoms with E-state index < -0.39 is 11.7 Å². The Morgan fingerprint density at radius 2 is 1.93 bits per heavy atom. The number of aliphatic hydroxyl groups is 1. The predicted octanol–water partition coefficient (Wildman–Crippen LogP) is 6.12. The van der Waals surface area contributed by atoms with E-state index in [1.165, 1.54) is 12.0 Å². The lowest BCUT2D eigenvalue weighted by Gasteiger charge is -2.37. The van der Waals surface area contributed by atoms with E-state index in [1.807, 2.05) is 0 Å². The van der Waals surface area contributed by atoms with Gasteiger partial charge in [-0.1, -0.05) is 59.6 Å². The van der Waals surface area contributed by atoms with Gasteiger partial charge in [0.05, 0.1) is 23.9 Å². The molecule has 1 N–H and O–H groups in total. The van der Waals surface area contributed by atoms with Crippen molar-refractivity contribution in [2.45, 2.75) is 117 Å². The largest absolute Gasteiger partial charge is 0.390 e. The first-order chi connectivity index (χ1) is 13.8. The fraction of sp³-hybridized carbons (Fsp3) is 0.920. The Bertz CT molecular complexity index is 477. The molecule has 0 saturated carbocycles. The molecule has 0 amide bonds. The molecular weight excluding hydrogens is 364 g/mol. The van der Waals surface area contributed by atoms with Gasteiger partial charge in [-0.3, -0.25) is 0 Å². The minimum Gasteiger partial charge on any atom is -0.390 e. The summed E-state index contributed by atoms with van der Waals surface area (Å²) in [5.74, 6) is 0.888. The number of hydrogen-bond donors (Lipinski definition) is 1. The van der Waals surface area contributed by atoms with E-state index in [2.05, 4.69) is 54.5 Å². The highest BCUT2D eigenvalue weighted by molar-refractivity contribution is 5.05. The Morgan fingerprint density at radius 3 is 2.45 bits per heavy atom. The average Bonchev–Trinajstić information content (AvgIpc) is 3.02. The monoisotopic (exact) mass is 412 g/mol. The van der Waals surface area contributed by atoms with Crippen molar-refractivity contribution in [1.29, 1.82) is 0 Å². The maximum Gasteiger partial charge on any atom is 0.146 e. The van der Waals surface area contributed by atoms with Gasteiger partial charge in [0.1, 0.15) is 6.79 Å². The first-order valence-corrected chi connectivity index (χ1v) is 11.9. The maximum absolute atomic E-state index is 11.3. The summed E-state index contributed by atoms with van der Waals surface area (Å²) in [6.07, 6.45) is 9.23. The quantitative estimate of drug-likeness (QED) is 0.276. The Morgan fingerprint density at radius 1 is 1.24 bits per heavy atom. The highest BCUT2D eigenvalue weighted by Crippen LogP contribution is 2.44. The van der Waals surface area contributed by atoms with Gasteiger partial charge >= 0.3 is 0 Å². The Hall–Kier alpha value is -0.420. The van der Waals surface area contributed by atoms with Crippen LogP contribution in [0, 0.1) is 17.8 Å². The summed E-state index contributed by atoms with van der Waals surface area (Å²) < 4.78 is 17.8. The van der Waals surface area contributed by atoms with E-state index in [9.17, 15) is 5.11 Å². The second kappa shape index (κ2) is 13.1. The molecule has 0 spiro atoms. The van der Waals surface area contributed by atoms with Gasteiger partial charge in [-0.2, -0.15) is 0 Å². The lowest BCUT2D eigenvalue weighted by atomic mass is 9.79. The molecule has 1 aliphatic heterocycles. The molecule has 1 rings (SSSR count). The summed E-state index contributed by atoms with van der Waals surface area (Å²) in [6.45, 7) is 15.6. The second-order valence-electron chi connectivity index (χ2n) is 9.30. The Balaban J connectivity index is 2.87. The van der Waals surface area contributed by atoms with Crippen LogP contribution in [0.4, 0.5) is 0 Å². The van der Waals surface area contributed by atoms with Crippen LogP contribution >= 0.6 is 0 Å². The smallest absolute Gasteiger partial charge is 0.146 e. The molecule has 172 valence electrons. The van der Waals surface area contributed by atoms with Crippen LogP contribution in [0.5, 0.6) is 0 Å². The summed E-state index contributed by atoms with van der Waals surface area (Å²) in [7, 11) is 1.66. The van der Waals surface area contributed by atoms with E-state index in [4.69, 9.17) is 14.2 Å². The van der Waals surface area contributed by atoms with E-state index in [0.29, 0.717) is 18.6 Å². The molecule has 0 aromatic rings. The zero-order valence-corrected chi connectivity index (χ0v) is 20.4. The van der Waals surface area contributed by atoms with Gasteiger partial charge in [0, 0.05) is 13.0 Å². The fourth-order valence-electron chi connectivity index (χ4n) is 5.18. The molecule has 0 aromatic heterocycles. The molecule has 4 heteroatoms. The number of methoxy groups -OCH3 is 1. The summed E-state index contributed by atoms with van der Waals surface area (Å²) in [4.78, 5) is 0. The average molecular weight is 413 g/mol. The van der Waals surface area contributed by atoms with Crippen LogP contribution < -0.4 is 0 Å². The van der Waals surface area contributed by atoms with Gasteiger partial charge in [-0.15, -0.1) is 0 Å². The number of aliphatic hydroxyl groups excluding tert-OH is 1. The molecule has 7 atom stereocenters. The van der Waals surface area contributed by atoms with Crippen molar-refractivity contribution in [2.75, 3.05) is 13.9 Å². The third-order valence-electron chi connectivity index (χ3n) is 6.79. The molecule has 0 unspecified atom stereocenters. The van der Waals surface area contributed by atoms with Crippen LogP contribution in [0.15, 0.2) is 11.6 Å². The molecule has 0 aromatic carbocycles. The maximum atomic E-state index is 11.3. The van der Waals surface area contributed by atoms with Crippen molar-refractivity contribution in [3.63, 3.8) is 0 Å². The highest BCUT2D eigenvalue weighted by atomic mass is 16.7. The normalized spacial score (nSPS) is 29.6. The van der Waals surface area contributed by atoms with Crippen molar-refractivity contribution in [3.05, 3.63) is 11.6 Å². The fourth-order valence-corrected chi connectivity index (χ4v) is 5.18. The molecule has 29 heavy (non-hydrogen) atoms. The molecule has 4 nitrogen and oxygen atoms in total. The summed E-state index contributed by atoms with van der Waals surface area (Å²) in [6, 6.07) is 0. The predicted molar refractivity (Wildman–Crippen MR) is 121 cm³/mol. The van der Waals surface area contributed by atoms with E-state index in [-0.39, 0.29) is 18.1 Å². The van der Waals surface area contributed by atoms with Gasteiger partial charge in [0.15, 0.2) is 0 Å². The van der Waals surface area contributed by atoms with Gasteiger partial charge in [0.2, 0.25) is 0 Å². The number of ether oxygens (including phenoxy) is 3. The molecule has 1 saturated heterocycles. The van der Waals surface area contributed by atoms with Crippen molar-refractivity contribution in [3.8, 4) is 0 Å². The minimum atomic E-state index is -0.500. The van der Waals surface area contributed by atoms with Gasteiger partial charge in [-0.25, -0.2) is 0 Å². The van der Waals surface area contributed by atoms with E-state index in [1.54, 1.807) is 7.11 Å². The van der Waals surface area contributed by atoms with Crippen molar-refractivity contribution in [1.82, 2.24) is 0 Å². The lowest BCUT2D eigenvalue weighted by Crippen LogP contribution is -2.45.